The number of thioether (sulfide) groups is 1. The fourth-order valence-corrected chi connectivity index (χ4v) is 3.14. The lowest BCUT2D eigenvalue weighted by Crippen LogP contribution is -1.93. The normalized spacial score (nSPS) is 10.8. The van der Waals surface area contributed by atoms with Crippen molar-refractivity contribution in [3.8, 4) is 5.75 Å². The number of aromatic nitrogens is 1. The van der Waals surface area contributed by atoms with Gasteiger partial charge in [0.1, 0.15) is 5.75 Å². The summed E-state index contributed by atoms with van der Waals surface area (Å²) in [6, 6.07) is 15.9. The highest BCUT2D eigenvalue weighted by Gasteiger charge is 2.06. The van der Waals surface area contributed by atoms with Crippen molar-refractivity contribution in [3.63, 3.8) is 0 Å². The number of hydrogen-bond acceptors (Lipinski definition) is 4. The molecule has 0 spiro atoms. The first-order chi connectivity index (χ1) is 9.78. The highest BCUT2D eigenvalue weighted by atomic mass is 32.2. The lowest BCUT2D eigenvalue weighted by molar-refractivity contribution is 0.414. The van der Waals surface area contributed by atoms with E-state index in [2.05, 4.69) is 0 Å². The maximum atomic E-state index is 5.57. The van der Waals surface area contributed by atoms with Crippen LogP contribution in [-0.2, 0) is 5.88 Å². The molecule has 5 heteroatoms. The molecule has 0 saturated carbocycles. The van der Waals surface area contributed by atoms with Gasteiger partial charge < -0.3 is 9.15 Å². The van der Waals surface area contributed by atoms with Crippen molar-refractivity contribution >= 4 is 35.1 Å². The summed E-state index contributed by atoms with van der Waals surface area (Å²) in [6.07, 6.45) is 0. The molecule has 3 rings (SSSR count). The van der Waals surface area contributed by atoms with Gasteiger partial charge in [-0.05, 0) is 48.6 Å². The summed E-state index contributed by atoms with van der Waals surface area (Å²) in [4.78, 5) is 1.67. The molecule has 0 bridgehead atoms. The molecule has 3 aromatic rings. The van der Waals surface area contributed by atoms with Crippen LogP contribution < -0.4 is 4.74 Å². The first-order valence-electron chi connectivity index (χ1n) is 6.13. The van der Waals surface area contributed by atoms with E-state index in [0.717, 1.165) is 27.6 Å². The molecule has 20 heavy (non-hydrogen) atoms. The minimum atomic E-state index is 0.507. The molecule has 0 fully saturated rings. The molecular formula is C15H13NO2S2. The van der Waals surface area contributed by atoms with Gasteiger partial charge >= 0.3 is 0 Å². The fraction of sp³-hybridized carbons (Fsp3) is 0.133. The summed E-state index contributed by atoms with van der Waals surface area (Å²) < 4.78 is 12.7. The van der Waals surface area contributed by atoms with E-state index in [4.69, 9.17) is 21.4 Å². The second-order valence-corrected chi connectivity index (χ2v) is 5.58. The number of benzene rings is 2. The van der Waals surface area contributed by atoms with Crippen molar-refractivity contribution < 1.29 is 9.15 Å². The first kappa shape index (κ1) is 13.3. The van der Waals surface area contributed by atoms with Crippen molar-refractivity contribution in [2.45, 2.75) is 10.8 Å². The standard InChI is InChI=1S/C15H13NO2S2/c1-17-11-6-8-12(9-7-11)20-10-16-13-4-2-3-5-14(13)18-15(16)19/h2-9H,10H2,1H3. The van der Waals surface area contributed by atoms with Crippen LogP contribution >= 0.6 is 24.0 Å². The van der Waals surface area contributed by atoms with E-state index < -0.39 is 0 Å². The predicted molar refractivity (Wildman–Crippen MR) is 83.9 cm³/mol. The highest BCUT2D eigenvalue weighted by molar-refractivity contribution is 7.98. The lowest BCUT2D eigenvalue weighted by Gasteiger charge is -2.04. The third-order valence-electron chi connectivity index (χ3n) is 2.99. The molecule has 0 aliphatic rings. The third-order valence-corrected chi connectivity index (χ3v) is 4.29. The van der Waals surface area contributed by atoms with Crippen LogP contribution in [0.4, 0.5) is 0 Å². The van der Waals surface area contributed by atoms with Gasteiger partial charge in [-0.25, -0.2) is 0 Å². The molecule has 0 N–H and O–H groups in total. The maximum Gasteiger partial charge on any atom is 0.270 e. The van der Waals surface area contributed by atoms with Gasteiger partial charge in [0, 0.05) is 4.90 Å². The first-order valence-corrected chi connectivity index (χ1v) is 7.52. The molecule has 0 saturated heterocycles. The Kier molecular flexibility index (Phi) is 3.80. The van der Waals surface area contributed by atoms with Crippen LogP contribution in [0.3, 0.4) is 0 Å². The monoisotopic (exact) mass is 303 g/mol. The average Bonchev–Trinajstić information content (AvgIpc) is 2.81. The molecule has 3 nitrogen and oxygen atoms in total. The van der Waals surface area contributed by atoms with E-state index in [1.807, 2.05) is 53.1 Å². The van der Waals surface area contributed by atoms with E-state index >= 15 is 0 Å². The van der Waals surface area contributed by atoms with E-state index in [1.54, 1.807) is 18.9 Å². The van der Waals surface area contributed by atoms with Gasteiger partial charge in [0.25, 0.3) is 4.84 Å². The van der Waals surface area contributed by atoms with Gasteiger partial charge in [-0.15, -0.1) is 11.8 Å². The van der Waals surface area contributed by atoms with Crippen molar-refractivity contribution in [2.24, 2.45) is 0 Å². The number of methoxy groups -OCH3 is 1. The molecular weight excluding hydrogens is 290 g/mol. The zero-order valence-corrected chi connectivity index (χ0v) is 12.5. The molecule has 0 atom stereocenters. The smallest absolute Gasteiger partial charge is 0.270 e. The van der Waals surface area contributed by atoms with Crippen LogP contribution in [0.15, 0.2) is 57.8 Å². The summed E-state index contributed by atoms with van der Waals surface area (Å²) >= 11 is 6.98. The third kappa shape index (κ3) is 2.59. The number of nitrogens with zero attached hydrogens (tertiary/aromatic N) is 1. The minimum Gasteiger partial charge on any atom is -0.497 e. The van der Waals surface area contributed by atoms with Crippen molar-refractivity contribution in [1.29, 1.82) is 0 Å². The number of ether oxygens (including phenoxy) is 1. The SMILES string of the molecule is COc1ccc(SCn2c(=S)oc3ccccc32)cc1. The summed E-state index contributed by atoms with van der Waals surface area (Å²) in [7, 11) is 1.67. The Bertz CT molecular complexity index is 774. The van der Waals surface area contributed by atoms with Gasteiger partial charge in [0.2, 0.25) is 0 Å². The molecule has 1 heterocycles. The fourth-order valence-electron chi connectivity index (χ4n) is 1.95. The molecule has 0 aliphatic carbocycles. The Labute approximate surface area is 126 Å². The molecule has 0 aliphatic heterocycles. The molecule has 102 valence electrons. The Morgan fingerprint density at radius 3 is 2.65 bits per heavy atom. The number of para-hydroxylation sites is 2. The van der Waals surface area contributed by atoms with Gasteiger partial charge in [-0.3, -0.25) is 4.57 Å². The van der Waals surface area contributed by atoms with E-state index in [-0.39, 0.29) is 0 Å². The second kappa shape index (κ2) is 5.73. The predicted octanol–water partition coefficient (Wildman–Crippen LogP) is 4.72. The minimum absolute atomic E-state index is 0.507. The quantitative estimate of drug-likeness (QED) is 0.515. The molecule has 2 aromatic carbocycles. The Morgan fingerprint density at radius 2 is 1.90 bits per heavy atom. The molecule has 0 radical (unpaired) electrons. The van der Waals surface area contributed by atoms with Crippen LogP contribution in [0.25, 0.3) is 11.1 Å². The Balaban J connectivity index is 1.82. The van der Waals surface area contributed by atoms with Gasteiger partial charge in [0.15, 0.2) is 5.58 Å². The molecule has 0 unspecified atom stereocenters. The van der Waals surface area contributed by atoms with Crippen LogP contribution in [0, 0.1) is 4.84 Å². The summed E-state index contributed by atoms with van der Waals surface area (Å²) in [6.45, 7) is 0. The number of oxazole rings is 1. The van der Waals surface area contributed by atoms with E-state index in [0.29, 0.717) is 4.84 Å². The van der Waals surface area contributed by atoms with Crippen LogP contribution in [0.1, 0.15) is 0 Å². The zero-order valence-electron chi connectivity index (χ0n) is 10.9. The highest BCUT2D eigenvalue weighted by Crippen LogP contribution is 2.25. The van der Waals surface area contributed by atoms with Gasteiger partial charge in [-0.1, -0.05) is 12.1 Å². The number of hydrogen-bond donors (Lipinski definition) is 0. The molecule has 0 amide bonds. The average molecular weight is 303 g/mol. The van der Waals surface area contributed by atoms with Crippen LogP contribution in [0.5, 0.6) is 5.75 Å². The zero-order chi connectivity index (χ0) is 13.9. The summed E-state index contributed by atoms with van der Waals surface area (Å²) in [5.74, 6) is 1.59. The second-order valence-electron chi connectivity index (χ2n) is 4.21. The molecule has 1 aromatic heterocycles. The Hall–Kier alpha value is -1.72. The lowest BCUT2D eigenvalue weighted by atomic mass is 10.3. The van der Waals surface area contributed by atoms with Crippen LogP contribution in [-0.4, -0.2) is 11.7 Å². The Morgan fingerprint density at radius 1 is 1.15 bits per heavy atom. The van der Waals surface area contributed by atoms with E-state index in [1.165, 1.54) is 0 Å². The topological polar surface area (TPSA) is 27.3 Å². The van der Waals surface area contributed by atoms with Crippen molar-refractivity contribution in [3.05, 3.63) is 53.4 Å². The summed E-state index contributed by atoms with van der Waals surface area (Å²) in [5, 5.41) is 0. The number of rotatable bonds is 4. The van der Waals surface area contributed by atoms with Crippen LogP contribution in [0.2, 0.25) is 0 Å². The van der Waals surface area contributed by atoms with Crippen molar-refractivity contribution in [1.82, 2.24) is 4.57 Å². The van der Waals surface area contributed by atoms with Gasteiger partial charge in [-0.2, -0.15) is 0 Å². The van der Waals surface area contributed by atoms with E-state index in [9.17, 15) is 0 Å². The largest absolute Gasteiger partial charge is 0.497 e. The summed E-state index contributed by atoms with van der Waals surface area (Å²) in [5.41, 5.74) is 1.85. The maximum absolute atomic E-state index is 5.57. The number of fused-ring (bicyclic) bond motifs is 1. The van der Waals surface area contributed by atoms with Crippen molar-refractivity contribution in [2.75, 3.05) is 7.11 Å². The van der Waals surface area contributed by atoms with Gasteiger partial charge in [0.05, 0.1) is 18.5 Å².